The van der Waals surface area contributed by atoms with E-state index in [2.05, 4.69) is 16.4 Å². The van der Waals surface area contributed by atoms with Gasteiger partial charge in [-0.1, -0.05) is 18.5 Å². The molecule has 0 aliphatic heterocycles. The topological polar surface area (TPSA) is 75.0 Å². The Morgan fingerprint density at radius 2 is 2.18 bits per heavy atom. The van der Waals surface area contributed by atoms with E-state index in [-0.39, 0.29) is 5.91 Å². The van der Waals surface area contributed by atoms with Gasteiger partial charge in [0, 0.05) is 18.4 Å². The van der Waals surface area contributed by atoms with E-state index in [9.17, 15) is 10.1 Å². The van der Waals surface area contributed by atoms with Gasteiger partial charge in [-0.15, -0.1) is 0 Å². The molecule has 0 saturated carbocycles. The van der Waals surface area contributed by atoms with Crippen molar-refractivity contribution in [1.29, 1.82) is 5.26 Å². The molecule has 1 N–H and O–H groups in total. The first-order valence-corrected chi connectivity index (χ1v) is 7.36. The molecule has 0 aliphatic rings. The summed E-state index contributed by atoms with van der Waals surface area (Å²) in [5.41, 5.74) is 2.17. The largest absolute Gasteiger partial charge is 0.492 e. The molecule has 6 heteroatoms. The van der Waals surface area contributed by atoms with Crippen molar-refractivity contribution < 1.29 is 9.53 Å². The van der Waals surface area contributed by atoms with Crippen LogP contribution >= 0.6 is 11.6 Å². The van der Waals surface area contributed by atoms with Crippen LogP contribution < -0.4 is 10.1 Å². The van der Waals surface area contributed by atoms with Crippen molar-refractivity contribution in [1.82, 2.24) is 4.98 Å². The molecule has 0 spiro atoms. The van der Waals surface area contributed by atoms with Crippen LogP contribution in [-0.2, 0) is 11.2 Å². The van der Waals surface area contributed by atoms with E-state index < -0.39 is 0 Å². The molecule has 0 bridgehead atoms. The number of nitrogens with one attached hydrogen (secondary N) is 1. The molecule has 1 aromatic carbocycles. The summed E-state index contributed by atoms with van der Waals surface area (Å²) >= 11 is 6.35. The summed E-state index contributed by atoms with van der Waals surface area (Å²) in [6.07, 6.45) is 0.607. The summed E-state index contributed by atoms with van der Waals surface area (Å²) in [6, 6.07) is 5.52. The first-order chi connectivity index (χ1) is 10.5. The lowest BCUT2D eigenvalue weighted by Crippen LogP contribution is -2.08. The molecule has 0 saturated heterocycles. The molecule has 2 rings (SSSR count). The van der Waals surface area contributed by atoms with Crippen molar-refractivity contribution in [3.63, 3.8) is 0 Å². The third-order valence-corrected chi connectivity index (χ3v) is 3.55. The van der Waals surface area contributed by atoms with Gasteiger partial charge in [0.1, 0.15) is 11.8 Å². The minimum Gasteiger partial charge on any atom is -0.492 e. The number of ether oxygens (including phenoxy) is 1. The fourth-order valence-electron chi connectivity index (χ4n) is 2.23. The Labute approximate surface area is 133 Å². The number of anilines is 1. The number of rotatable bonds is 4. The average Bonchev–Trinajstić information content (AvgIpc) is 2.48. The van der Waals surface area contributed by atoms with E-state index in [1.807, 2.05) is 13.8 Å². The molecular formula is C16H16ClN3O2. The maximum atomic E-state index is 11.3. The van der Waals surface area contributed by atoms with Crippen LogP contribution in [0.25, 0.3) is 10.9 Å². The molecule has 22 heavy (non-hydrogen) atoms. The number of nitrogens with zero attached hydrogens (tertiary/aromatic N) is 2. The number of carbonyl (C=O) groups excluding carboxylic acids is 1. The van der Waals surface area contributed by atoms with Crippen LogP contribution in [0, 0.1) is 11.3 Å². The molecular weight excluding hydrogens is 302 g/mol. The zero-order valence-electron chi connectivity index (χ0n) is 12.7. The van der Waals surface area contributed by atoms with Gasteiger partial charge in [0.2, 0.25) is 5.91 Å². The predicted molar refractivity (Wildman–Crippen MR) is 86.3 cm³/mol. The molecule has 0 fully saturated rings. The molecule has 5 nitrogen and oxygen atoms in total. The van der Waals surface area contributed by atoms with Crippen molar-refractivity contribution in [2.24, 2.45) is 0 Å². The molecule has 0 aliphatic carbocycles. The van der Waals surface area contributed by atoms with Gasteiger partial charge >= 0.3 is 0 Å². The fourth-order valence-corrected chi connectivity index (χ4v) is 2.53. The molecule has 2 aromatic rings. The van der Waals surface area contributed by atoms with Crippen LogP contribution in [0.3, 0.4) is 0 Å². The van der Waals surface area contributed by atoms with Crippen molar-refractivity contribution in [3.8, 4) is 11.8 Å². The van der Waals surface area contributed by atoms with Gasteiger partial charge in [0.25, 0.3) is 0 Å². The molecule has 1 aromatic heterocycles. The number of halogens is 1. The highest BCUT2D eigenvalue weighted by atomic mass is 35.5. The van der Waals surface area contributed by atoms with Crippen LogP contribution in [0.4, 0.5) is 5.69 Å². The van der Waals surface area contributed by atoms with Crippen molar-refractivity contribution in [3.05, 3.63) is 28.4 Å². The summed E-state index contributed by atoms with van der Waals surface area (Å²) in [4.78, 5) is 15.8. The minimum atomic E-state index is -0.213. The number of carbonyl (C=O) groups is 1. The van der Waals surface area contributed by atoms with Gasteiger partial charge in [-0.2, -0.15) is 5.26 Å². The van der Waals surface area contributed by atoms with E-state index in [4.69, 9.17) is 16.3 Å². The molecule has 1 heterocycles. The summed E-state index contributed by atoms with van der Waals surface area (Å²) in [5.74, 6) is 0.315. The maximum absolute atomic E-state index is 11.3. The third kappa shape index (κ3) is 2.97. The Bertz CT molecular complexity index is 781. The number of hydrogen-bond donors (Lipinski definition) is 1. The number of aromatic nitrogens is 1. The van der Waals surface area contributed by atoms with Gasteiger partial charge in [0.05, 0.1) is 34.1 Å². The van der Waals surface area contributed by atoms with Crippen LogP contribution in [0.5, 0.6) is 5.75 Å². The number of hydrogen-bond acceptors (Lipinski definition) is 4. The Morgan fingerprint density at radius 1 is 1.45 bits per heavy atom. The first-order valence-electron chi connectivity index (χ1n) is 6.98. The van der Waals surface area contributed by atoms with Gasteiger partial charge < -0.3 is 10.1 Å². The molecule has 0 atom stereocenters. The molecule has 0 unspecified atom stereocenters. The number of aryl methyl sites for hydroxylation is 1. The summed E-state index contributed by atoms with van der Waals surface area (Å²) in [5, 5.41) is 12.9. The first kappa shape index (κ1) is 16.1. The van der Waals surface area contributed by atoms with Crippen LogP contribution in [0.15, 0.2) is 12.1 Å². The molecule has 0 radical (unpaired) electrons. The second-order valence-corrected chi connectivity index (χ2v) is 5.07. The third-order valence-electron chi connectivity index (χ3n) is 3.16. The fraction of sp³-hybridized carbons (Fsp3) is 0.312. The van der Waals surface area contributed by atoms with E-state index >= 15 is 0 Å². The molecule has 114 valence electrons. The quantitative estimate of drug-likeness (QED) is 0.933. The smallest absolute Gasteiger partial charge is 0.221 e. The number of pyridine rings is 1. The Kier molecular flexibility index (Phi) is 4.84. The summed E-state index contributed by atoms with van der Waals surface area (Å²) < 4.78 is 5.55. The van der Waals surface area contributed by atoms with Crippen LogP contribution in [0.2, 0.25) is 5.02 Å². The van der Waals surface area contributed by atoms with Crippen LogP contribution in [0.1, 0.15) is 32.0 Å². The standard InChI is InChI=1S/C16H16ClN3O2/c1-4-12-11(8-18)16(17)10-6-14(19-9(3)21)15(22-5-2)7-13(10)20-12/h6-7H,4-5H2,1-3H3,(H,19,21). The maximum Gasteiger partial charge on any atom is 0.221 e. The van der Waals surface area contributed by atoms with E-state index in [1.54, 1.807) is 12.1 Å². The predicted octanol–water partition coefficient (Wildman–Crippen LogP) is 3.68. The van der Waals surface area contributed by atoms with Crippen molar-refractivity contribution >= 4 is 34.1 Å². The van der Waals surface area contributed by atoms with Gasteiger partial charge in [0.15, 0.2) is 0 Å². The number of fused-ring (bicyclic) bond motifs is 1. The number of nitriles is 1. The Balaban J connectivity index is 2.76. The van der Waals surface area contributed by atoms with E-state index in [0.29, 0.717) is 51.6 Å². The number of amides is 1. The Morgan fingerprint density at radius 3 is 2.73 bits per heavy atom. The van der Waals surface area contributed by atoms with Crippen molar-refractivity contribution in [2.45, 2.75) is 27.2 Å². The second kappa shape index (κ2) is 6.63. The highest BCUT2D eigenvalue weighted by Gasteiger charge is 2.16. The zero-order valence-corrected chi connectivity index (χ0v) is 13.4. The van der Waals surface area contributed by atoms with Gasteiger partial charge in [-0.3, -0.25) is 9.78 Å². The lowest BCUT2D eigenvalue weighted by molar-refractivity contribution is -0.114. The summed E-state index contributed by atoms with van der Waals surface area (Å²) in [7, 11) is 0. The van der Waals surface area contributed by atoms with Gasteiger partial charge in [-0.25, -0.2) is 0 Å². The zero-order chi connectivity index (χ0) is 16.3. The summed E-state index contributed by atoms with van der Waals surface area (Å²) in [6.45, 7) is 5.66. The lowest BCUT2D eigenvalue weighted by atomic mass is 10.1. The highest BCUT2D eigenvalue weighted by Crippen LogP contribution is 2.35. The molecule has 1 amide bonds. The van der Waals surface area contributed by atoms with Gasteiger partial charge in [-0.05, 0) is 19.4 Å². The van der Waals surface area contributed by atoms with E-state index in [1.165, 1.54) is 6.92 Å². The monoisotopic (exact) mass is 317 g/mol. The minimum absolute atomic E-state index is 0.213. The normalized spacial score (nSPS) is 10.3. The second-order valence-electron chi connectivity index (χ2n) is 4.69. The Hall–Kier alpha value is -2.32. The average molecular weight is 318 g/mol. The van der Waals surface area contributed by atoms with E-state index in [0.717, 1.165) is 0 Å². The number of benzene rings is 1. The SMILES string of the molecule is CCOc1cc2nc(CC)c(C#N)c(Cl)c2cc1NC(C)=O. The lowest BCUT2D eigenvalue weighted by Gasteiger charge is -2.14. The van der Waals surface area contributed by atoms with Crippen LogP contribution in [-0.4, -0.2) is 17.5 Å². The highest BCUT2D eigenvalue weighted by molar-refractivity contribution is 6.36. The van der Waals surface area contributed by atoms with Crippen molar-refractivity contribution in [2.75, 3.05) is 11.9 Å².